The van der Waals surface area contributed by atoms with E-state index < -0.39 is 23.8 Å². The minimum Gasteiger partial charge on any atom is -0.490 e. The van der Waals surface area contributed by atoms with Crippen LogP contribution in [0.15, 0.2) is 42.5 Å². The number of nitrogens with zero attached hydrogens (tertiary/aromatic N) is 2. The molecule has 10 heteroatoms. The normalized spacial score (nSPS) is 13.2. The predicted molar refractivity (Wildman–Crippen MR) is 114 cm³/mol. The number of hydrogen-bond acceptors (Lipinski definition) is 7. The molecule has 2 aromatic carbocycles. The highest BCUT2D eigenvalue weighted by molar-refractivity contribution is 6.34. The van der Waals surface area contributed by atoms with Crippen molar-refractivity contribution in [1.29, 1.82) is 0 Å². The summed E-state index contributed by atoms with van der Waals surface area (Å²) in [6, 6.07) is 11.5. The molecule has 3 rings (SSSR count). The molecular weight excluding hydrogens is 440 g/mol. The number of rotatable bonds is 6. The first-order valence-corrected chi connectivity index (χ1v) is 10.1. The third-order valence-electron chi connectivity index (χ3n) is 4.48. The molecule has 0 N–H and O–H groups in total. The third kappa shape index (κ3) is 5.55. The van der Waals surface area contributed by atoms with E-state index in [-0.39, 0.29) is 36.9 Å². The van der Waals surface area contributed by atoms with Crippen LogP contribution < -0.4 is 9.64 Å². The number of amides is 2. The van der Waals surface area contributed by atoms with E-state index in [4.69, 9.17) is 25.9 Å². The molecule has 0 saturated carbocycles. The monoisotopic (exact) mass is 460 g/mol. The molecule has 0 bridgehead atoms. The third-order valence-corrected chi connectivity index (χ3v) is 4.79. The van der Waals surface area contributed by atoms with Crippen molar-refractivity contribution in [3.05, 3.63) is 58.6 Å². The van der Waals surface area contributed by atoms with Gasteiger partial charge in [0, 0.05) is 19.5 Å². The minimum atomic E-state index is -0.636. The van der Waals surface area contributed by atoms with Crippen LogP contribution in [0.2, 0.25) is 5.02 Å². The van der Waals surface area contributed by atoms with Gasteiger partial charge in [-0.25, -0.2) is 0 Å². The van der Waals surface area contributed by atoms with Crippen LogP contribution >= 0.6 is 11.6 Å². The molecule has 2 aromatic rings. The zero-order valence-corrected chi connectivity index (χ0v) is 18.3. The Kier molecular flexibility index (Phi) is 7.32. The number of anilines is 1. The molecule has 0 fully saturated rings. The Morgan fingerprint density at radius 3 is 2.44 bits per heavy atom. The van der Waals surface area contributed by atoms with Crippen molar-refractivity contribution >= 4 is 41.0 Å². The number of para-hydroxylation sites is 1. The Hall–Kier alpha value is -3.59. The van der Waals surface area contributed by atoms with Crippen LogP contribution in [0.5, 0.6) is 5.75 Å². The molecule has 0 radical (unpaired) electrons. The number of halogens is 1. The highest BCUT2D eigenvalue weighted by Gasteiger charge is 2.32. The van der Waals surface area contributed by atoms with Crippen molar-refractivity contribution in [3.8, 4) is 5.75 Å². The zero-order valence-electron chi connectivity index (χ0n) is 17.5. The van der Waals surface area contributed by atoms with Gasteiger partial charge in [-0.15, -0.1) is 0 Å². The molecule has 2 amide bonds. The summed E-state index contributed by atoms with van der Waals surface area (Å²) < 4.78 is 10.3. The van der Waals surface area contributed by atoms with E-state index in [2.05, 4.69) is 0 Å². The van der Waals surface area contributed by atoms with Crippen LogP contribution in [-0.2, 0) is 30.5 Å². The van der Waals surface area contributed by atoms with E-state index in [1.54, 1.807) is 30.3 Å². The highest BCUT2D eigenvalue weighted by atomic mass is 35.5. The summed E-state index contributed by atoms with van der Waals surface area (Å²) >= 11 is 6.33. The Bertz CT molecular complexity index is 1060. The molecule has 1 aliphatic heterocycles. The van der Waals surface area contributed by atoms with Crippen LogP contribution in [0.4, 0.5) is 5.69 Å². The number of benzene rings is 2. The molecular formula is C22H21ClN2O7. The molecule has 0 atom stereocenters. The topological polar surface area (TPSA) is 102 Å². The summed E-state index contributed by atoms with van der Waals surface area (Å²) in [6.07, 6.45) is 0. The van der Waals surface area contributed by atoms with E-state index in [1.807, 2.05) is 0 Å². The number of esters is 1. The number of carbonyl (C=O) groups is 4. The standard InChI is InChI=1S/C22H21ClN2O7/c1-14(26)30-9-10-31-17-7-8-18(19(23)11-17)22(29)24-13-21(28)25(32-15(2)27)12-16-5-3-4-6-20(16)24/h3-8,11H,9-10,12-13H2,1-2H3. The van der Waals surface area contributed by atoms with Gasteiger partial charge in [0.1, 0.15) is 25.5 Å². The first-order chi connectivity index (χ1) is 15.3. The van der Waals surface area contributed by atoms with Crippen molar-refractivity contribution in [2.45, 2.75) is 20.4 Å². The lowest BCUT2D eigenvalue weighted by Gasteiger charge is -2.22. The van der Waals surface area contributed by atoms with E-state index in [1.165, 1.54) is 30.9 Å². The summed E-state index contributed by atoms with van der Waals surface area (Å²) in [4.78, 5) is 54.5. The Morgan fingerprint density at radius 2 is 1.75 bits per heavy atom. The summed E-state index contributed by atoms with van der Waals surface area (Å²) in [5.41, 5.74) is 1.32. The number of hydrogen-bond donors (Lipinski definition) is 0. The van der Waals surface area contributed by atoms with Gasteiger partial charge in [-0.1, -0.05) is 29.8 Å². The highest BCUT2D eigenvalue weighted by Crippen LogP contribution is 2.30. The van der Waals surface area contributed by atoms with Gasteiger partial charge in [0.2, 0.25) is 0 Å². The quantitative estimate of drug-likeness (QED) is 0.482. The predicted octanol–water partition coefficient (Wildman–Crippen LogP) is 2.75. The number of carbonyl (C=O) groups excluding carboxylic acids is 4. The average molecular weight is 461 g/mol. The minimum absolute atomic E-state index is 0.0151. The van der Waals surface area contributed by atoms with E-state index in [9.17, 15) is 19.2 Å². The molecule has 9 nitrogen and oxygen atoms in total. The van der Waals surface area contributed by atoms with Gasteiger partial charge >= 0.3 is 11.9 Å². The Morgan fingerprint density at radius 1 is 1.00 bits per heavy atom. The largest absolute Gasteiger partial charge is 0.490 e. The van der Waals surface area contributed by atoms with Gasteiger partial charge in [-0.2, -0.15) is 5.06 Å². The summed E-state index contributed by atoms with van der Waals surface area (Å²) in [6.45, 7) is 2.39. The summed E-state index contributed by atoms with van der Waals surface area (Å²) in [7, 11) is 0. The maximum Gasteiger partial charge on any atom is 0.329 e. The van der Waals surface area contributed by atoms with Crippen molar-refractivity contribution < 1.29 is 33.5 Å². The van der Waals surface area contributed by atoms with Gasteiger partial charge in [-0.05, 0) is 29.8 Å². The first-order valence-electron chi connectivity index (χ1n) is 9.70. The van der Waals surface area contributed by atoms with Gasteiger partial charge in [-0.3, -0.25) is 24.1 Å². The average Bonchev–Trinajstić information content (AvgIpc) is 2.87. The van der Waals surface area contributed by atoms with Crippen LogP contribution in [-0.4, -0.2) is 48.6 Å². The second kappa shape index (κ2) is 10.1. The van der Waals surface area contributed by atoms with E-state index in [0.29, 0.717) is 17.0 Å². The molecule has 0 aromatic heterocycles. The fraction of sp³-hybridized carbons (Fsp3) is 0.273. The second-order valence-electron chi connectivity index (χ2n) is 6.86. The van der Waals surface area contributed by atoms with Gasteiger partial charge in [0.05, 0.1) is 17.1 Å². The van der Waals surface area contributed by atoms with E-state index >= 15 is 0 Å². The van der Waals surface area contributed by atoms with Crippen molar-refractivity contribution in [2.24, 2.45) is 0 Å². The SMILES string of the molecule is CC(=O)OCCOc1ccc(C(=O)N2CC(=O)N(OC(C)=O)Cc3ccccc32)c(Cl)c1. The first kappa shape index (κ1) is 23.1. The second-order valence-corrected chi connectivity index (χ2v) is 7.27. The smallest absolute Gasteiger partial charge is 0.329 e. The van der Waals surface area contributed by atoms with Crippen LogP contribution in [0, 0.1) is 0 Å². The van der Waals surface area contributed by atoms with Crippen molar-refractivity contribution in [3.63, 3.8) is 0 Å². The van der Waals surface area contributed by atoms with Crippen molar-refractivity contribution in [1.82, 2.24) is 5.06 Å². The summed E-state index contributed by atoms with van der Waals surface area (Å²) in [5, 5.41) is 1.07. The Labute approximate surface area is 189 Å². The molecule has 0 saturated heterocycles. The van der Waals surface area contributed by atoms with Crippen LogP contribution in [0.3, 0.4) is 0 Å². The number of ether oxygens (including phenoxy) is 2. The van der Waals surface area contributed by atoms with Gasteiger partial charge in [0.15, 0.2) is 0 Å². The molecule has 0 unspecified atom stereocenters. The molecule has 168 valence electrons. The number of hydroxylamine groups is 2. The lowest BCUT2D eigenvalue weighted by molar-refractivity contribution is -0.197. The van der Waals surface area contributed by atoms with Gasteiger partial charge in [0.25, 0.3) is 11.8 Å². The molecule has 0 aliphatic carbocycles. The molecule has 0 spiro atoms. The maximum atomic E-state index is 13.3. The lowest BCUT2D eigenvalue weighted by atomic mass is 10.1. The summed E-state index contributed by atoms with van der Waals surface area (Å²) in [5.74, 6) is -1.69. The molecule has 1 heterocycles. The molecule has 1 aliphatic rings. The van der Waals surface area contributed by atoms with E-state index in [0.717, 1.165) is 5.06 Å². The fourth-order valence-corrected chi connectivity index (χ4v) is 3.37. The Balaban J connectivity index is 1.82. The number of fused-ring (bicyclic) bond motifs is 1. The fourth-order valence-electron chi connectivity index (χ4n) is 3.12. The van der Waals surface area contributed by atoms with Crippen LogP contribution in [0.25, 0.3) is 0 Å². The lowest BCUT2D eigenvalue weighted by Crippen LogP contribution is -2.40. The zero-order chi connectivity index (χ0) is 23.3. The van der Waals surface area contributed by atoms with Crippen molar-refractivity contribution in [2.75, 3.05) is 24.7 Å². The van der Waals surface area contributed by atoms with Gasteiger partial charge < -0.3 is 14.3 Å². The maximum absolute atomic E-state index is 13.3. The van der Waals surface area contributed by atoms with Crippen LogP contribution in [0.1, 0.15) is 29.8 Å². The molecule has 32 heavy (non-hydrogen) atoms.